The lowest BCUT2D eigenvalue weighted by Gasteiger charge is -2.19. The van der Waals surface area contributed by atoms with Gasteiger partial charge in [-0.25, -0.2) is 9.97 Å². The summed E-state index contributed by atoms with van der Waals surface area (Å²) in [7, 11) is 2.06. The molecule has 0 spiro atoms. The second-order valence-corrected chi connectivity index (χ2v) is 4.79. The molecule has 0 fully saturated rings. The Balaban J connectivity index is 2.75. The molecular formula is C13H24N4. The van der Waals surface area contributed by atoms with E-state index in [0.717, 1.165) is 18.2 Å². The third kappa shape index (κ3) is 4.21. The summed E-state index contributed by atoms with van der Waals surface area (Å²) in [6.45, 7) is 7.38. The topological polar surface area (TPSA) is 55.0 Å². The highest BCUT2D eigenvalue weighted by Crippen LogP contribution is 2.17. The molecule has 17 heavy (non-hydrogen) atoms. The molecule has 1 aromatic heterocycles. The minimum Gasteiger partial charge on any atom is -0.384 e. The van der Waals surface area contributed by atoms with Crippen LogP contribution in [0.5, 0.6) is 0 Å². The van der Waals surface area contributed by atoms with Gasteiger partial charge in [-0.05, 0) is 6.42 Å². The maximum absolute atomic E-state index is 5.81. The average Bonchev–Trinajstić information content (AvgIpc) is 2.28. The lowest BCUT2D eigenvalue weighted by Crippen LogP contribution is -2.21. The van der Waals surface area contributed by atoms with Crippen LogP contribution >= 0.6 is 0 Å². The van der Waals surface area contributed by atoms with E-state index in [9.17, 15) is 0 Å². The van der Waals surface area contributed by atoms with Gasteiger partial charge in [-0.15, -0.1) is 0 Å². The highest BCUT2D eigenvalue weighted by Gasteiger charge is 2.09. The number of hydrogen-bond acceptors (Lipinski definition) is 4. The third-order valence-electron chi connectivity index (χ3n) is 2.75. The van der Waals surface area contributed by atoms with Crippen LogP contribution in [0.15, 0.2) is 6.07 Å². The van der Waals surface area contributed by atoms with Crippen LogP contribution in [0.1, 0.15) is 51.8 Å². The van der Waals surface area contributed by atoms with Crippen LogP contribution < -0.4 is 10.6 Å². The van der Waals surface area contributed by atoms with Crippen molar-refractivity contribution >= 4 is 11.6 Å². The van der Waals surface area contributed by atoms with Crippen LogP contribution in [0.3, 0.4) is 0 Å². The first kappa shape index (κ1) is 13.7. The molecule has 4 heteroatoms. The number of rotatable bonds is 6. The van der Waals surface area contributed by atoms with E-state index in [1.807, 2.05) is 6.07 Å². The van der Waals surface area contributed by atoms with E-state index in [1.165, 1.54) is 19.3 Å². The molecule has 2 N–H and O–H groups in total. The molecule has 1 rings (SSSR count). The average molecular weight is 236 g/mol. The van der Waals surface area contributed by atoms with Gasteiger partial charge in [0.25, 0.3) is 0 Å². The Labute approximate surface area is 104 Å². The standard InChI is InChI=1S/C13H24N4/c1-5-6-7-8-17(4)12-9-11(14)15-13(16-12)10(2)3/h9-10H,5-8H2,1-4H3,(H2,14,15,16). The van der Waals surface area contributed by atoms with Gasteiger partial charge in [0.2, 0.25) is 0 Å². The number of aromatic nitrogens is 2. The molecule has 1 aromatic rings. The third-order valence-corrected chi connectivity index (χ3v) is 2.75. The summed E-state index contributed by atoms with van der Waals surface area (Å²) in [5.41, 5.74) is 5.81. The van der Waals surface area contributed by atoms with E-state index in [0.29, 0.717) is 11.7 Å². The maximum atomic E-state index is 5.81. The van der Waals surface area contributed by atoms with Gasteiger partial charge in [0, 0.05) is 25.6 Å². The van der Waals surface area contributed by atoms with Gasteiger partial charge in [-0.1, -0.05) is 33.6 Å². The Kier molecular flexibility index (Phi) is 5.19. The molecule has 0 aromatic carbocycles. The number of nitrogens with two attached hydrogens (primary N) is 1. The zero-order chi connectivity index (χ0) is 12.8. The van der Waals surface area contributed by atoms with Gasteiger partial charge in [-0.2, -0.15) is 0 Å². The van der Waals surface area contributed by atoms with Crippen molar-refractivity contribution in [3.63, 3.8) is 0 Å². The molecule has 0 radical (unpaired) electrons. The maximum Gasteiger partial charge on any atom is 0.135 e. The summed E-state index contributed by atoms with van der Waals surface area (Å²) in [5, 5.41) is 0. The van der Waals surface area contributed by atoms with Crippen molar-refractivity contribution < 1.29 is 0 Å². The summed E-state index contributed by atoms with van der Waals surface area (Å²) in [6, 6.07) is 1.85. The SMILES string of the molecule is CCCCCN(C)c1cc(N)nc(C(C)C)n1. The molecule has 4 nitrogen and oxygen atoms in total. The summed E-state index contributed by atoms with van der Waals surface area (Å²) in [5.74, 6) is 2.61. The van der Waals surface area contributed by atoms with E-state index >= 15 is 0 Å². The van der Waals surface area contributed by atoms with Gasteiger partial charge in [0.1, 0.15) is 17.5 Å². The lowest BCUT2D eigenvalue weighted by atomic mass is 10.2. The lowest BCUT2D eigenvalue weighted by molar-refractivity contribution is 0.695. The molecule has 0 atom stereocenters. The minimum atomic E-state index is 0.307. The second kappa shape index (κ2) is 6.42. The predicted molar refractivity (Wildman–Crippen MR) is 73.3 cm³/mol. The Morgan fingerprint density at radius 2 is 2.00 bits per heavy atom. The molecule has 96 valence electrons. The predicted octanol–water partition coefficient (Wildman–Crippen LogP) is 2.81. The quantitative estimate of drug-likeness (QED) is 0.772. The molecule has 0 saturated carbocycles. The van der Waals surface area contributed by atoms with E-state index in [-0.39, 0.29) is 0 Å². The van der Waals surface area contributed by atoms with Crippen molar-refractivity contribution in [3.05, 3.63) is 11.9 Å². The second-order valence-electron chi connectivity index (χ2n) is 4.79. The van der Waals surface area contributed by atoms with Crippen molar-refractivity contribution in [1.29, 1.82) is 0 Å². The first-order valence-corrected chi connectivity index (χ1v) is 6.40. The first-order valence-electron chi connectivity index (χ1n) is 6.40. The fourth-order valence-corrected chi connectivity index (χ4v) is 1.64. The fraction of sp³-hybridized carbons (Fsp3) is 0.692. The Morgan fingerprint density at radius 3 is 2.59 bits per heavy atom. The number of unbranched alkanes of at least 4 members (excludes halogenated alkanes) is 2. The molecule has 0 aliphatic carbocycles. The van der Waals surface area contributed by atoms with Gasteiger partial charge < -0.3 is 10.6 Å². The van der Waals surface area contributed by atoms with Crippen LogP contribution in [0.4, 0.5) is 11.6 Å². The monoisotopic (exact) mass is 236 g/mol. The van der Waals surface area contributed by atoms with Crippen molar-refractivity contribution in [2.75, 3.05) is 24.2 Å². The largest absolute Gasteiger partial charge is 0.384 e. The molecule has 0 saturated heterocycles. The summed E-state index contributed by atoms with van der Waals surface area (Å²) < 4.78 is 0. The summed E-state index contributed by atoms with van der Waals surface area (Å²) in [4.78, 5) is 11.0. The van der Waals surface area contributed by atoms with Crippen molar-refractivity contribution in [1.82, 2.24) is 9.97 Å². The highest BCUT2D eigenvalue weighted by atomic mass is 15.2. The number of anilines is 2. The smallest absolute Gasteiger partial charge is 0.135 e. The molecule has 0 unspecified atom stereocenters. The Morgan fingerprint density at radius 1 is 1.29 bits per heavy atom. The zero-order valence-electron chi connectivity index (χ0n) is 11.4. The minimum absolute atomic E-state index is 0.307. The number of hydrogen-bond donors (Lipinski definition) is 1. The van der Waals surface area contributed by atoms with E-state index < -0.39 is 0 Å². The fourth-order valence-electron chi connectivity index (χ4n) is 1.64. The van der Waals surface area contributed by atoms with Crippen LogP contribution in [0, 0.1) is 0 Å². The van der Waals surface area contributed by atoms with E-state index in [2.05, 4.69) is 42.7 Å². The Hall–Kier alpha value is -1.32. The van der Waals surface area contributed by atoms with Crippen molar-refractivity contribution in [2.45, 2.75) is 46.0 Å². The molecular weight excluding hydrogens is 212 g/mol. The van der Waals surface area contributed by atoms with Crippen LogP contribution in [0.25, 0.3) is 0 Å². The van der Waals surface area contributed by atoms with Gasteiger partial charge >= 0.3 is 0 Å². The normalized spacial score (nSPS) is 10.9. The Bertz CT molecular complexity index is 349. The van der Waals surface area contributed by atoms with Crippen molar-refractivity contribution in [2.24, 2.45) is 0 Å². The van der Waals surface area contributed by atoms with Gasteiger partial charge in [0.05, 0.1) is 0 Å². The van der Waals surface area contributed by atoms with Crippen molar-refractivity contribution in [3.8, 4) is 0 Å². The first-order chi connectivity index (χ1) is 8.04. The van der Waals surface area contributed by atoms with Gasteiger partial charge in [0.15, 0.2) is 0 Å². The summed E-state index contributed by atoms with van der Waals surface area (Å²) >= 11 is 0. The summed E-state index contributed by atoms with van der Waals surface area (Å²) in [6.07, 6.45) is 3.67. The number of nitrogens with zero attached hydrogens (tertiary/aromatic N) is 3. The molecule has 0 aliphatic heterocycles. The van der Waals surface area contributed by atoms with E-state index in [4.69, 9.17) is 5.73 Å². The van der Waals surface area contributed by atoms with Crippen LogP contribution in [0.2, 0.25) is 0 Å². The zero-order valence-corrected chi connectivity index (χ0v) is 11.4. The van der Waals surface area contributed by atoms with Gasteiger partial charge in [-0.3, -0.25) is 0 Å². The molecule has 0 amide bonds. The molecule has 0 aliphatic rings. The molecule has 1 heterocycles. The van der Waals surface area contributed by atoms with Crippen LogP contribution in [-0.2, 0) is 0 Å². The van der Waals surface area contributed by atoms with E-state index in [1.54, 1.807) is 0 Å². The highest BCUT2D eigenvalue weighted by molar-refractivity contribution is 5.46. The molecule has 0 bridgehead atoms. The number of nitrogen functional groups attached to an aromatic ring is 1. The van der Waals surface area contributed by atoms with Crippen LogP contribution in [-0.4, -0.2) is 23.6 Å².